The van der Waals surface area contributed by atoms with Crippen LogP contribution in [0.1, 0.15) is 206 Å². The van der Waals surface area contributed by atoms with E-state index in [2.05, 4.69) is 50.3 Å². The molecular formula is C40H72O3. The predicted octanol–water partition coefficient (Wildman–Crippen LogP) is 13.5. The summed E-state index contributed by atoms with van der Waals surface area (Å²) in [7, 11) is 0. The first-order valence-electron chi connectivity index (χ1n) is 18.9. The lowest BCUT2D eigenvalue weighted by molar-refractivity contribution is -0.159. The molecule has 3 heteroatoms. The molecule has 250 valence electrons. The smallest absolute Gasteiger partial charge is 0.313 e. The van der Waals surface area contributed by atoms with Crippen LogP contribution < -0.4 is 0 Å². The van der Waals surface area contributed by atoms with E-state index in [1.54, 1.807) is 0 Å². The van der Waals surface area contributed by atoms with Gasteiger partial charge < -0.3 is 4.74 Å². The maximum absolute atomic E-state index is 11.9. The Balaban J connectivity index is 3.34. The van der Waals surface area contributed by atoms with E-state index >= 15 is 0 Å². The van der Waals surface area contributed by atoms with Crippen molar-refractivity contribution in [2.24, 2.45) is 0 Å². The van der Waals surface area contributed by atoms with Gasteiger partial charge in [0.1, 0.15) is 0 Å². The Labute approximate surface area is 268 Å². The van der Waals surface area contributed by atoms with Crippen molar-refractivity contribution >= 4 is 11.9 Å². The average molecular weight is 601 g/mol. The zero-order chi connectivity index (χ0) is 31.3. The van der Waals surface area contributed by atoms with Crippen molar-refractivity contribution in [3.05, 3.63) is 36.5 Å². The van der Waals surface area contributed by atoms with Crippen molar-refractivity contribution in [3.63, 3.8) is 0 Å². The van der Waals surface area contributed by atoms with Gasteiger partial charge in [-0.05, 0) is 44.9 Å². The first-order chi connectivity index (χ1) is 21.2. The lowest BCUT2D eigenvalue weighted by atomic mass is 10.0. The fourth-order valence-electron chi connectivity index (χ4n) is 5.47. The van der Waals surface area contributed by atoms with Crippen LogP contribution in [0.15, 0.2) is 36.5 Å². The van der Waals surface area contributed by atoms with Crippen LogP contribution in [0.3, 0.4) is 0 Å². The summed E-state index contributed by atoms with van der Waals surface area (Å²) in [6.07, 6.45) is 49.2. The van der Waals surface area contributed by atoms with E-state index in [0.717, 1.165) is 57.8 Å². The van der Waals surface area contributed by atoms with Crippen LogP contribution in [-0.4, -0.2) is 11.9 Å². The molecule has 0 radical (unpaired) electrons. The van der Waals surface area contributed by atoms with Gasteiger partial charge in [-0.2, -0.15) is 0 Å². The first-order valence-corrected chi connectivity index (χ1v) is 18.9. The number of carbonyl (C=O) groups excluding carboxylic acids is 2. The average Bonchev–Trinajstić information content (AvgIpc) is 3.00. The second-order valence-electron chi connectivity index (χ2n) is 12.6. The van der Waals surface area contributed by atoms with Gasteiger partial charge in [-0.15, -0.1) is 0 Å². The van der Waals surface area contributed by atoms with Gasteiger partial charge in [-0.1, -0.05) is 185 Å². The van der Waals surface area contributed by atoms with Crippen molar-refractivity contribution < 1.29 is 14.3 Å². The quantitative estimate of drug-likeness (QED) is 0.0326. The minimum absolute atomic E-state index is 0.337. The second kappa shape index (κ2) is 36.6. The van der Waals surface area contributed by atoms with Gasteiger partial charge in [0.15, 0.2) is 0 Å². The molecule has 0 aliphatic rings. The minimum atomic E-state index is -0.344. The molecule has 0 unspecified atom stereocenters. The lowest BCUT2D eigenvalue weighted by Gasteiger charge is -2.05. The molecule has 0 spiro atoms. The Kier molecular flexibility index (Phi) is 35.2. The Hall–Kier alpha value is -1.64. The largest absolute Gasteiger partial charge is 0.393 e. The maximum Gasteiger partial charge on any atom is 0.313 e. The van der Waals surface area contributed by atoms with Crippen molar-refractivity contribution in [2.45, 2.75) is 206 Å². The SMILES string of the molecule is CC/C=C\C/C=C\C/C=C\CCCCCCCC(=O)OC(=O)CCCCCCCCCCCCCCCCCCCCC. The summed E-state index contributed by atoms with van der Waals surface area (Å²) >= 11 is 0. The van der Waals surface area contributed by atoms with Gasteiger partial charge >= 0.3 is 11.9 Å². The highest BCUT2D eigenvalue weighted by molar-refractivity contribution is 5.85. The molecule has 0 saturated heterocycles. The highest BCUT2D eigenvalue weighted by Gasteiger charge is 2.09. The molecule has 0 rings (SSSR count). The molecule has 0 bridgehead atoms. The minimum Gasteiger partial charge on any atom is -0.393 e. The molecule has 0 aromatic heterocycles. The topological polar surface area (TPSA) is 43.4 Å². The second-order valence-corrected chi connectivity index (χ2v) is 12.6. The predicted molar refractivity (Wildman–Crippen MR) is 188 cm³/mol. The fourth-order valence-corrected chi connectivity index (χ4v) is 5.47. The molecule has 0 aliphatic heterocycles. The lowest BCUT2D eigenvalue weighted by Crippen LogP contribution is -2.11. The molecule has 0 N–H and O–H groups in total. The molecule has 43 heavy (non-hydrogen) atoms. The monoisotopic (exact) mass is 601 g/mol. The molecule has 3 nitrogen and oxygen atoms in total. The summed E-state index contributed by atoms with van der Waals surface area (Å²) in [5, 5.41) is 0. The van der Waals surface area contributed by atoms with E-state index in [4.69, 9.17) is 4.74 Å². The standard InChI is InChI=1S/C40H72O3/c1-3-5-7-9-11-13-15-17-19-20-21-22-24-26-28-30-32-34-36-38-40(42)43-39(41)37-35-33-31-29-27-25-23-18-16-14-12-10-8-6-4-2/h6,8,12,14,18,23H,3-5,7,9-11,13,15-17,19-22,24-38H2,1-2H3/b8-6-,14-12-,23-18-. The summed E-state index contributed by atoms with van der Waals surface area (Å²) < 4.78 is 5.01. The Morgan fingerprint density at radius 2 is 0.721 bits per heavy atom. The molecule has 0 saturated carbocycles. The fraction of sp³-hybridized carbons (Fsp3) is 0.800. The zero-order valence-corrected chi connectivity index (χ0v) is 28.9. The van der Waals surface area contributed by atoms with Gasteiger partial charge in [0.2, 0.25) is 0 Å². The van der Waals surface area contributed by atoms with Crippen molar-refractivity contribution in [3.8, 4) is 0 Å². The van der Waals surface area contributed by atoms with Crippen molar-refractivity contribution in [2.75, 3.05) is 0 Å². The van der Waals surface area contributed by atoms with E-state index in [1.165, 1.54) is 122 Å². The summed E-state index contributed by atoms with van der Waals surface area (Å²) in [5.74, 6) is -0.681. The van der Waals surface area contributed by atoms with E-state index < -0.39 is 0 Å². The Morgan fingerprint density at radius 3 is 1.12 bits per heavy atom. The van der Waals surface area contributed by atoms with Crippen LogP contribution in [0.2, 0.25) is 0 Å². The third-order valence-electron chi connectivity index (χ3n) is 8.24. The molecular weight excluding hydrogens is 528 g/mol. The number of ether oxygens (including phenoxy) is 1. The Bertz CT molecular complexity index is 675. The van der Waals surface area contributed by atoms with E-state index in [1.807, 2.05) is 0 Å². The van der Waals surface area contributed by atoms with Crippen LogP contribution in [0.5, 0.6) is 0 Å². The molecule has 0 atom stereocenters. The van der Waals surface area contributed by atoms with Gasteiger partial charge in [-0.3, -0.25) is 9.59 Å². The normalized spacial score (nSPS) is 11.9. The highest BCUT2D eigenvalue weighted by atomic mass is 16.6. The number of hydrogen-bond donors (Lipinski definition) is 0. The molecule has 0 aliphatic carbocycles. The number of rotatable bonds is 33. The number of hydrogen-bond acceptors (Lipinski definition) is 3. The maximum atomic E-state index is 11.9. The number of carbonyl (C=O) groups is 2. The van der Waals surface area contributed by atoms with Crippen LogP contribution in [0, 0.1) is 0 Å². The Morgan fingerprint density at radius 1 is 0.395 bits per heavy atom. The highest BCUT2D eigenvalue weighted by Crippen LogP contribution is 2.15. The van der Waals surface area contributed by atoms with Crippen LogP contribution in [0.4, 0.5) is 0 Å². The molecule has 0 aromatic rings. The van der Waals surface area contributed by atoms with Crippen molar-refractivity contribution in [1.82, 2.24) is 0 Å². The van der Waals surface area contributed by atoms with E-state index in [-0.39, 0.29) is 11.9 Å². The molecule has 0 amide bonds. The number of allylic oxidation sites excluding steroid dienone is 6. The van der Waals surface area contributed by atoms with Crippen LogP contribution in [-0.2, 0) is 14.3 Å². The molecule has 0 heterocycles. The summed E-state index contributed by atoms with van der Waals surface area (Å²) in [6, 6.07) is 0. The number of unbranched alkanes of at least 4 members (excludes halogenated alkanes) is 23. The third kappa shape index (κ3) is 36.5. The molecule has 0 aromatic carbocycles. The van der Waals surface area contributed by atoms with Gasteiger partial charge in [-0.25, -0.2) is 0 Å². The summed E-state index contributed by atoms with van der Waals surface area (Å²) in [6.45, 7) is 4.44. The van der Waals surface area contributed by atoms with Crippen LogP contribution in [0.25, 0.3) is 0 Å². The summed E-state index contributed by atoms with van der Waals surface area (Å²) in [5.41, 5.74) is 0. The van der Waals surface area contributed by atoms with Gasteiger partial charge in [0.05, 0.1) is 0 Å². The van der Waals surface area contributed by atoms with Gasteiger partial charge in [0, 0.05) is 12.8 Å². The first kappa shape index (κ1) is 41.4. The summed E-state index contributed by atoms with van der Waals surface area (Å²) in [4.78, 5) is 23.9. The van der Waals surface area contributed by atoms with E-state index in [0.29, 0.717) is 12.8 Å². The molecule has 0 fully saturated rings. The number of esters is 2. The van der Waals surface area contributed by atoms with Gasteiger partial charge in [0.25, 0.3) is 0 Å². The van der Waals surface area contributed by atoms with Crippen molar-refractivity contribution in [1.29, 1.82) is 0 Å². The zero-order valence-electron chi connectivity index (χ0n) is 28.9. The van der Waals surface area contributed by atoms with E-state index in [9.17, 15) is 9.59 Å². The third-order valence-corrected chi connectivity index (χ3v) is 8.24. The van der Waals surface area contributed by atoms with Crippen LogP contribution >= 0.6 is 0 Å².